The van der Waals surface area contributed by atoms with Gasteiger partial charge in [-0.05, 0) is 68.8 Å². The molecule has 26 heavy (non-hydrogen) atoms. The van der Waals surface area contributed by atoms with Crippen LogP contribution < -0.4 is 19.6 Å². The van der Waals surface area contributed by atoms with Crippen molar-refractivity contribution >= 4 is 12.1 Å². The zero-order chi connectivity index (χ0) is 18.9. The standard InChI is InChI=1S/C20H24N2O4/c1-5-25-17-9-6-15(7-10-17)13-21-22-20(23)16-8-11-18(26-14(2)3)19(12-16)24-4/h6-14H,5H2,1-4H3,(H,22,23)/b21-13+. The topological polar surface area (TPSA) is 69.2 Å². The van der Waals surface area contributed by atoms with E-state index in [4.69, 9.17) is 14.2 Å². The highest BCUT2D eigenvalue weighted by atomic mass is 16.5. The molecule has 0 aliphatic heterocycles. The van der Waals surface area contributed by atoms with Crippen LogP contribution in [0.15, 0.2) is 47.6 Å². The number of rotatable bonds is 8. The molecule has 0 spiro atoms. The number of hydrazone groups is 1. The molecule has 2 aromatic carbocycles. The molecule has 0 bridgehead atoms. The molecule has 0 saturated heterocycles. The zero-order valence-electron chi connectivity index (χ0n) is 15.5. The van der Waals surface area contributed by atoms with Gasteiger partial charge < -0.3 is 14.2 Å². The Balaban J connectivity index is 2.00. The maximum atomic E-state index is 12.2. The highest BCUT2D eigenvalue weighted by Crippen LogP contribution is 2.28. The minimum atomic E-state index is -0.332. The molecular formula is C20H24N2O4. The molecule has 0 aliphatic rings. The average molecular weight is 356 g/mol. The first-order valence-electron chi connectivity index (χ1n) is 8.44. The molecular weight excluding hydrogens is 332 g/mol. The van der Waals surface area contributed by atoms with Crippen LogP contribution in [0, 0.1) is 0 Å². The predicted molar refractivity (Wildman–Crippen MR) is 101 cm³/mol. The molecule has 0 atom stereocenters. The molecule has 1 N–H and O–H groups in total. The molecule has 0 aliphatic carbocycles. The van der Waals surface area contributed by atoms with Gasteiger partial charge in [0.1, 0.15) is 5.75 Å². The molecule has 0 saturated carbocycles. The number of amides is 1. The van der Waals surface area contributed by atoms with Gasteiger partial charge in [0.05, 0.1) is 26.0 Å². The van der Waals surface area contributed by atoms with Crippen molar-refractivity contribution in [3.63, 3.8) is 0 Å². The second-order valence-electron chi connectivity index (χ2n) is 5.73. The van der Waals surface area contributed by atoms with Gasteiger partial charge in [-0.2, -0.15) is 5.10 Å². The molecule has 6 heteroatoms. The van der Waals surface area contributed by atoms with Gasteiger partial charge in [0, 0.05) is 5.56 Å². The number of ether oxygens (including phenoxy) is 3. The Morgan fingerprint density at radius 2 is 1.88 bits per heavy atom. The fourth-order valence-electron chi connectivity index (χ4n) is 2.21. The minimum absolute atomic E-state index is 0.0160. The van der Waals surface area contributed by atoms with Crippen LogP contribution >= 0.6 is 0 Å². The van der Waals surface area contributed by atoms with Crippen molar-refractivity contribution in [2.45, 2.75) is 26.9 Å². The fourth-order valence-corrected chi connectivity index (χ4v) is 2.21. The summed E-state index contributed by atoms with van der Waals surface area (Å²) < 4.78 is 16.3. The Bertz CT molecular complexity index is 755. The molecule has 0 fully saturated rings. The summed E-state index contributed by atoms with van der Waals surface area (Å²) >= 11 is 0. The van der Waals surface area contributed by atoms with Crippen molar-refractivity contribution in [2.75, 3.05) is 13.7 Å². The van der Waals surface area contributed by atoms with Crippen molar-refractivity contribution in [3.05, 3.63) is 53.6 Å². The zero-order valence-corrected chi connectivity index (χ0v) is 15.5. The van der Waals surface area contributed by atoms with Crippen LogP contribution in [0.1, 0.15) is 36.7 Å². The smallest absolute Gasteiger partial charge is 0.271 e. The molecule has 0 radical (unpaired) electrons. The van der Waals surface area contributed by atoms with Crippen molar-refractivity contribution < 1.29 is 19.0 Å². The molecule has 2 aromatic rings. The van der Waals surface area contributed by atoms with Gasteiger partial charge >= 0.3 is 0 Å². The number of methoxy groups -OCH3 is 1. The summed E-state index contributed by atoms with van der Waals surface area (Å²) in [6.45, 7) is 6.40. The van der Waals surface area contributed by atoms with E-state index in [1.807, 2.05) is 45.0 Å². The number of nitrogens with one attached hydrogen (secondary N) is 1. The van der Waals surface area contributed by atoms with Gasteiger partial charge in [-0.15, -0.1) is 0 Å². The largest absolute Gasteiger partial charge is 0.494 e. The number of carbonyl (C=O) groups excluding carboxylic acids is 1. The molecule has 2 rings (SSSR count). The van der Waals surface area contributed by atoms with Gasteiger partial charge in [-0.3, -0.25) is 4.79 Å². The van der Waals surface area contributed by atoms with Gasteiger partial charge in [0.25, 0.3) is 5.91 Å². The number of carbonyl (C=O) groups is 1. The average Bonchev–Trinajstić information content (AvgIpc) is 2.63. The highest BCUT2D eigenvalue weighted by Gasteiger charge is 2.11. The van der Waals surface area contributed by atoms with Crippen LogP contribution in [0.5, 0.6) is 17.2 Å². The first-order chi connectivity index (χ1) is 12.5. The van der Waals surface area contributed by atoms with Crippen LogP contribution in [-0.4, -0.2) is 31.9 Å². The van der Waals surface area contributed by atoms with E-state index in [0.29, 0.717) is 23.7 Å². The SMILES string of the molecule is CCOc1ccc(/C=N/NC(=O)c2ccc(OC(C)C)c(OC)c2)cc1. The summed E-state index contributed by atoms with van der Waals surface area (Å²) in [5, 5.41) is 3.98. The third-order valence-electron chi connectivity index (χ3n) is 3.36. The fraction of sp³-hybridized carbons (Fsp3) is 0.300. The van der Waals surface area contributed by atoms with E-state index in [1.54, 1.807) is 24.4 Å². The molecule has 1 amide bonds. The minimum Gasteiger partial charge on any atom is -0.494 e. The normalized spacial score (nSPS) is 10.8. The Kier molecular flexibility index (Phi) is 7.02. The quantitative estimate of drug-likeness (QED) is 0.579. The summed E-state index contributed by atoms with van der Waals surface area (Å²) in [5.41, 5.74) is 3.79. The van der Waals surface area contributed by atoms with E-state index < -0.39 is 0 Å². The van der Waals surface area contributed by atoms with Crippen molar-refractivity contribution in [2.24, 2.45) is 5.10 Å². The van der Waals surface area contributed by atoms with Gasteiger partial charge in [-0.25, -0.2) is 5.43 Å². The highest BCUT2D eigenvalue weighted by molar-refractivity contribution is 5.95. The first kappa shape index (κ1) is 19.3. The maximum absolute atomic E-state index is 12.2. The van der Waals surface area contributed by atoms with Crippen LogP contribution in [0.25, 0.3) is 0 Å². The molecule has 138 valence electrons. The van der Waals surface area contributed by atoms with E-state index in [1.165, 1.54) is 7.11 Å². The summed E-state index contributed by atoms with van der Waals surface area (Å²) in [4.78, 5) is 12.2. The van der Waals surface area contributed by atoms with E-state index in [9.17, 15) is 4.79 Å². The van der Waals surface area contributed by atoms with Crippen LogP contribution in [0.4, 0.5) is 0 Å². The van der Waals surface area contributed by atoms with Crippen molar-refractivity contribution in [3.8, 4) is 17.2 Å². The van der Waals surface area contributed by atoms with E-state index in [-0.39, 0.29) is 12.0 Å². The summed E-state index contributed by atoms with van der Waals surface area (Å²) in [6, 6.07) is 12.4. The Labute approximate surface area is 153 Å². The third kappa shape index (κ3) is 5.51. The summed E-state index contributed by atoms with van der Waals surface area (Å²) in [5.74, 6) is 1.56. The number of hydrogen-bond donors (Lipinski definition) is 1. The Morgan fingerprint density at radius 3 is 2.50 bits per heavy atom. The summed E-state index contributed by atoms with van der Waals surface area (Å²) in [6.07, 6.45) is 1.59. The van der Waals surface area contributed by atoms with Crippen LogP contribution in [0.3, 0.4) is 0 Å². The third-order valence-corrected chi connectivity index (χ3v) is 3.36. The Morgan fingerprint density at radius 1 is 1.15 bits per heavy atom. The first-order valence-corrected chi connectivity index (χ1v) is 8.44. The van der Waals surface area contributed by atoms with Gasteiger partial charge in [0.2, 0.25) is 0 Å². The lowest BCUT2D eigenvalue weighted by molar-refractivity contribution is 0.0954. The second kappa shape index (κ2) is 9.46. The van der Waals surface area contributed by atoms with Crippen LogP contribution in [0.2, 0.25) is 0 Å². The molecule has 0 unspecified atom stereocenters. The summed E-state index contributed by atoms with van der Waals surface area (Å²) in [7, 11) is 1.54. The number of nitrogens with zero attached hydrogens (tertiary/aromatic N) is 1. The Hall–Kier alpha value is -3.02. The molecule has 0 heterocycles. The van der Waals surface area contributed by atoms with Gasteiger partial charge in [-0.1, -0.05) is 0 Å². The van der Waals surface area contributed by atoms with Crippen LogP contribution in [-0.2, 0) is 0 Å². The van der Waals surface area contributed by atoms with Crippen molar-refractivity contribution in [1.29, 1.82) is 0 Å². The lowest BCUT2D eigenvalue weighted by atomic mass is 10.2. The van der Waals surface area contributed by atoms with E-state index in [2.05, 4.69) is 10.5 Å². The monoisotopic (exact) mass is 356 g/mol. The number of hydrogen-bond acceptors (Lipinski definition) is 5. The van der Waals surface area contributed by atoms with Crippen molar-refractivity contribution in [1.82, 2.24) is 5.43 Å². The predicted octanol–water partition coefficient (Wildman–Crippen LogP) is 3.65. The number of benzene rings is 2. The van der Waals surface area contributed by atoms with E-state index in [0.717, 1.165) is 11.3 Å². The van der Waals surface area contributed by atoms with E-state index >= 15 is 0 Å². The molecule has 0 aromatic heterocycles. The molecule has 6 nitrogen and oxygen atoms in total. The maximum Gasteiger partial charge on any atom is 0.271 e. The van der Waals surface area contributed by atoms with Gasteiger partial charge in [0.15, 0.2) is 11.5 Å². The lowest BCUT2D eigenvalue weighted by Gasteiger charge is -2.14. The lowest BCUT2D eigenvalue weighted by Crippen LogP contribution is -2.18. The second-order valence-corrected chi connectivity index (χ2v) is 5.73.